The Morgan fingerprint density at radius 1 is 1.79 bits per heavy atom. The van der Waals surface area contributed by atoms with Crippen molar-refractivity contribution in [3.63, 3.8) is 0 Å². The Labute approximate surface area is 83.4 Å². The van der Waals surface area contributed by atoms with Crippen LogP contribution in [0.5, 0.6) is 0 Å². The molecule has 0 aliphatic carbocycles. The molecular weight excluding hydrogens is 178 g/mol. The Kier molecular flexibility index (Phi) is 3.91. The van der Waals surface area contributed by atoms with E-state index in [2.05, 4.69) is 15.3 Å². The summed E-state index contributed by atoms with van der Waals surface area (Å²) in [5, 5.41) is 2.83. The predicted molar refractivity (Wildman–Crippen MR) is 55.5 cm³/mol. The van der Waals surface area contributed by atoms with Crippen molar-refractivity contribution in [3.05, 3.63) is 24.3 Å². The van der Waals surface area contributed by atoms with Crippen LogP contribution in [0.15, 0.2) is 18.6 Å². The van der Waals surface area contributed by atoms with Gasteiger partial charge in [-0.15, -0.1) is 0 Å². The second-order valence-electron chi connectivity index (χ2n) is 3.16. The molecule has 0 aromatic carbocycles. The van der Waals surface area contributed by atoms with Crippen LogP contribution in [0.25, 0.3) is 6.08 Å². The third kappa shape index (κ3) is 3.43. The third-order valence-electron chi connectivity index (χ3n) is 1.93. The van der Waals surface area contributed by atoms with Crippen molar-refractivity contribution < 1.29 is 4.79 Å². The summed E-state index contributed by atoms with van der Waals surface area (Å²) in [6, 6.07) is 0.217. The van der Waals surface area contributed by atoms with E-state index >= 15 is 0 Å². The van der Waals surface area contributed by atoms with Gasteiger partial charge < -0.3 is 10.3 Å². The number of aromatic amines is 1. The molecule has 0 saturated heterocycles. The summed E-state index contributed by atoms with van der Waals surface area (Å²) in [5.41, 5.74) is 0.823. The normalized spacial score (nSPS) is 13.0. The van der Waals surface area contributed by atoms with Crippen LogP contribution in [0.1, 0.15) is 26.0 Å². The van der Waals surface area contributed by atoms with Crippen LogP contribution in [0.3, 0.4) is 0 Å². The summed E-state index contributed by atoms with van der Waals surface area (Å²) in [5.74, 6) is -0.0750. The molecule has 0 radical (unpaired) electrons. The molecule has 0 aliphatic rings. The van der Waals surface area contributed by atoms with Gasteiger partial charge >= 0.3 is 0 Å². The summed E-state index contributed by atoms with van der Waals surface area (Å²) < 4.78 is 0. The molecule has 1 amide bonds. The number of nitrogens with one attached hydrogen (secondary N) is 2. The van der Waals surface area contributed by atoms with E-state index in [1.54, 1.807) is 18.6 Å². The minimum Gasteiger partial charge on any atom is -0.350 e. The van der Waals surface area contributed by atoms with Crippen LogP contribution in [0.2, 0.25) is 0 Å². The van der Waals surface area contributed by atoms with E-state index in [0.717, 1.165) is 12.1 Å². The third-order valence-corrected chi connectivity index (χ3v) is 1.93. The van der Waals surface area contributed by atoms with Gasteiger partial charge in [0.25, 0.3) is 0 Å². The number of nitrogens with zero attached hydrogens (tertiary/aromatic N) is 1. The number of H-pyrrole nitrogens is 1. The molecule has 2 N–H and O–H groups in total. The van der Waals surface area contributed by atoms with Gasteiger partial charge in [0.15, 0.2) is 0 Å². The zero-order valence-electron chi connectivity index (χ0n) is 8.45. The summed E-state index contributed by atoms with van der Waals surface area (Å²) in [4.78, 5) is 18.0. The summed E-state index contributed by atoms with van der Waals surface area (Å²) in [7, 11) is 0. The van der Waals surface area contributed by atoms with Gasteiger partial charge in [-0.3, -0.25) is 4.79 Å². The lowest BCUT2D eigenvalue weighted by atomic mass is 10.2. The fourth-order valence-corrected chi connectivity index (χ4v) is 0.916. The van der Waals surface area contributed by atoms with Crippen molar-refractivity contribution in [2.24, 2.45) is 0 Å². The number of hydrogen-bond donors (Lipinski definition) is 2. The number of amides is 1. The zero-order chi connectivity index (χ0) is 10.4. The van der Waals surface area contributed by atoms with Gasteiger partial charge in [-0.25, -0.2) is 4.98 Å². The Hall–Kier alpha value is -1.58. The van der Waals surface area contributed by atoms with Crippen molar-refractivity contribution >= 4 is 12.0 Å². The molecular formula is C10H15N3O. The van der Waals surface area contributed by atoms with E-state index in [4.69, 9.17) is 0 Å². The van der Waals surface area contributed by atoms with Crippen molar-refractivity contribution in [3.8, 4) is 0 Å². The predicted octanol–water partition coefficient (Wildman–Crippen LogP) is 1.34. The molecule has 1 atom stereocenters. The first-order valence-electron chi connectivity index (χ1n) is 4.69. The first-order chi connectivity index (χ1) is 6.72. The molecule has 0 spiro atoms. The van der Waals surface area contributed by atoms with Crippen molar-refractivity contribution in [1.82, 2.24) is 15.3 Å². The van der Waals surface area contributed by atoms with Crippen molar-refractivity contribution in [1.29, 1.82) is 0 Å². The lowest BCUT2D eigenvalue weighted by Gasteiger charge is -2.08. The standard InChI is InChI=1S/C10H15N3O/c1-3-8(2)13-10(14)5-4-9-6-11-7-12-9/h4-8H,3H2,1-2H3,(H,11,12)(H,13,14)/b5-4+. The SMILES string of the molecule is CCC(C)NC(=O)/C=C/c1cnc[nH]1. The van der Waals surface area contributed by atoms with Crippen LogP contribution in [-0.4, -0.2) is 21.9 Å². The van der Waals surface area contributed by atoms with Crippen LogP contribution < -0.4 is 5.32 Å². The van der Waals surface area contributed by atoms with E-state index in [1.165, 1.54) is 6.08 Å². The molecule has 0 saturated carbocycles. The summed E-state index contributed by atoms with van der Waals surface area (Å²) in [6.45, 7) is 4.01. The highest BCUT2D eigenvalue weighted by Gasteiger charge is 2.00. The Bertz CT molecular complexity index is 303. The zero-order valence-corrected chi connectivity index (χ0v) is 8.45. The number of aromatic nitrogens is 2. The molecule has 1 heterocycles. The van der Waals surface area contributed by atoms with E-state index in [-0.39, 0.29) is 11.9 Å². The first kappa shape index (κ1) is 10.5. The minimum absolute atomic E-state index is 0.0750. The van der Waals surface area contributed by atoms with Crippen LogP contribution >= 0.6 is 0 Å². The average Bonchev–Trinajstić information content (AvgIpc) is 2.67. The largest absolute Gasteiger partial charge is 0.350 e. The molecule has 1 rings (SSSR count). The molecule has 76 valence electrons. The number of carbonyl (C=O) groups is 1. The maximum Gasteiger partial charge on any atom is 0.244 e. The molecule has 4 nitrogen and oxygen atoms in total. The highest BCUT2D eigenvalue weighted by molar-refractivity contribution is 5.91. The molecule has 14 heavy (non-hydrogen) atoms. The number of carbonyl (C=O) groups excluding carboxylic acids is 1. The van der Waals surface area contributed by atoms with E-state index in [9.17, 15) is 4.79 Å². The summed E-state index contributed by atoms with van der Waals surface area (Å²) >= 11 is 0. The fourth-order valence-electron chi connectivity index (χ4n) is 0.916. The Morgan fingerprint density at radius 3 is 3.14 bits per heavy atom. The number of imidazole rings is 1. The molecule has 0 fully saturated rings. The first-order valence-corrected chi connectivity index (χ1v) is 4.69. The van der Waals surface area contributed by atoms with Gasteiger partial charge in [-0.1, -0.05) is 6.92 Å². The van der Waals surface area contributed by atoms with Crippen LogP contribution in [0.4, 0.5) is 0 Å². The maximum absolute atomic E-state index is 11.3. The van der Waals surface area contributed by atoms with E-state index in [0.29, 0.717) is 0 Å². The number of hydrogen-bond acceptors (Lipinski definition) is 2. The maximum atomic E-state index is 11.3. The molecule has 0 aliphatic heterocycles. The van der Waals surface area contributed by atoms with Crippen molar-refractivity contribution in [2.75, 3.05) is 0 Å². The van der Waals surface area contributed by atoms with Gasteiger partial charge in [0.1, 0.15) is 0 Å². The second kappa shape index (κ2) is 5.21. The topological polar surface area (TPSA) is 57.8 Å². The quantitative estimate of drug-likeness (QED) is 0.709. The molecule has 1 aromatic rings. The van der Waals surface area contributed by atoms with Crippen LogP contribution in [-0.2, 0) is 4.79 Å². The second-order valence-corrected chi connectivity index (χ2v) is 3.16. The van der Waals surface area contributed by atoms with Crippen LogP contribution in [0, 0.1) is 0 Å². The number of rotatable bonds is 4. The molecule has 4 heteroatoms. The Balaban J connectivity index is 2.41. The molecule has 0 bridgehead atoms. The van der Waals surface area contributed by atoms with Gasteiger partial charge in [0.2, 0.25) is 5.91 Å². The van der Waals surface area contributed by atoms with E-state index < -0.39 is 0 Å². The van der Waals surface area contributed by atoms with Gasteiger partial charge in [0, 0.05) is 12.1 Å². The molecule has 1 unspecified atom stereocenters. The van der Waals surface area contributed by atoms with Gasteiger partial charge in [-0.2, -0.15) is 0 Å². The van der Waals surface area contributed by atoms with E-state index in [1.807, 2.05) is 13.8 Å². The van der Waals surface area contributed by atoms with Gasteiger partial charge in [0.05, 0.1) is 18.2 Å². The highest BCUT2D eigenvalue weighted by atomic mass is 16.1. The molecule has 1 aromatic heterocycles. The lowest BCUT2D eigenvalue weighted by molar-refractivity contribution is -0.117. The lowest BCUT2D eigenvalue weighted by Crippen LogP contribution is -2.30. The highest BCUT2D eigenvalue weighted by Crippen LogP contribution is 1.94. The van der Waals surface area contributed by atoms with Crippen molar-refractivity contribution in [2.45, 2.75) is 26.3 Å². The fraction of sp³-hybridized carbons (Fsp3) is 0.400. The smallest absolute Gasteiger partial charge is 0.244 e. The minimum atomic E-state index is -0.0750. The monoisotopic (exact) mass is 193 g/mol. The summed E-state index contributed by atoms with van der Waals surface area (Å²) in [6.07, 6.45) is 7.37. The Morgan fingerprint density at radius 2 is 2.57 bits per heavy atom. The average molecular weight is 193 g/mol. The van der Waals surface area contributed by atoms with Gasteiger partial charge in [-0.05, 0) is 19.4 Å².